The highest BCUT2D eigenvalue weighted by Gasteiger charge is 2.22. The number of pyridine rings is 1. The molecule has 1 aromatic rings. The number of hydrogen-bond acceptors (Lipinski definition) is 3. The zero-order valence-corrected chi connectivity index (χ0v) is 10.3. The maximum Gasteiger partial charge on any atom is 0.318 e. The first-order valence-corrected chi connectivity index (χ1v) is 5.93. The summed E-state index contributed by atoms with van der Waals surface area (Å²) >= 11 is 0. The second kappa shape index (κ2) is 5.48. The van der Waals surface area contributed by atoms with Crippen molar-refractivity contribution >= 4 is 12.0 Å². The number of carbonyl (C=O) groups is 1. The molecule has 0 bridgehead atoms. The number of hydrogen-bond donors (Lipinski definition) is 3. The molecule has 6 heteroatoms. The third-order valence-corrected chi connectivity index (χ3v) is 2.66. The first-order chi connectivity index (χ1) is 8.65. The fourth-order valence-electron chi connectivity index (χ4n) is 1.50. The van der Waals surface area contributed by atoms with Gasteiger partial charge in [-0.15, -0.1) is 0 Å². The molecule has 0 aromatic carbocycles. The molecule has 1 aliphatic carbocycles. The number of amides is 2. The molecule has 1 fully saturated rings. The van der Waals surface area contributed by atoms with Crippen LogP contribution in [0.15, 0.2) is 23.3 Å². The molecule has 0 saturated heterocycles. The lowest BCUT2D eigenvalue weighted by molar-refractivity contribution is 0.253. The highest BCUT2D eigenvalue weighted by Crippen LogP contribution is 2.18. The number of guanidine groups is 1. The van der Waals surface area contributed by atoms with E-state index in [1.54, 1.807) is 6.20 Å². The lowest BCUT2D eigenvalue weighted by Crippen LogP contribution is -2.44. The van der Waals surface area contributed by atoms with Crippen LogP contribution in [0.3, 0.4) is 0 Å². The summed E-state index contributed by atoms with van der Waals surface area (Å²) < 4.78 is 0. The van der Waals surface area contributed by atoms with Crippen LogP contribution in [0.4, 0.5) is 4.79 Å². The van der Waals surface area contributed by atoms with Crippen molar-refractivity contribution in [1.29, 1.82) is 0 Å². The number of nitrogens with two attached hydrogens (primary N) is 1. The van der Waals surface area contributed by atoms with Crippen molar-refractivity contribution in [2.75, 3.05) is 0 Å². The largest absolute Gasteiger partial charge is 0.353 e. The second-order valence-electron chi connectivity index (χ2n) is 4.34. The van der Waals surface area contributed by atoms with Crippen molar-refractivity contribution < 1.29 is 4.79 Å². The summed E-state index contributed by atoms with van der Waals surface area (Å²) in [5.41, 5.74) is 7.06. The van der Waals surface area contributed by atoms with Gasteiger partial charge in [0, 0.05) is 12.2 Å². The molecule has 2 amide bonds. The van der Waals surface area contributed by atoms with E-state index in [0.29, 0.717) is 18.5 Å². The van der Waals surface area contributed by atoms with Crippen molar-refractivity contribution in [2.24, 2.45) is 10.7 Å². The first-order valence-electron chi connectivity index (χ1n) is 5.93. The normalized spacial score (nSPS) is 15.3. The number of nitrogens with one attached hydrogen (secondary N) is 2. The molecule has 96 valence electrons. The van der Waals surface area contributed by atoms with Crippen LogP contribution in [-0.2, 0) is 6.54 Å². The van der Waals surface area contributed by atoms with Crippen molar-refractivity contribution in [3.05, 3.63) is 29.6 Å². The van der Waals surface area contributed by atoms with Crippen LogP contribution < -0.4 is 16.4 Å². The molecular formula is C12H17N5O. The van der Waals surface area contributed by atoms with Crippen molar-refractivity contribution in [3.63, 3.8) is 0 Å². The second-order valence-corrected chi connectivity index (χ2v) is 4.34. The minimum absolute atomic E-state index is 0.403. The van der Waals surface area contributed by atoms with Gasteiger partial charge in [0.1, 0.15) is 0 Å². The maximum absolute atomic E-state index is 10.9. The van der Waals surface area contributed by atoms with E-state index >= 15 is 0 Å². The number of nitrogens with zero attached hydrogens (tertiary/aromatic N) is 2. The van der Waals surface area contributed by atoms with Gasteiger partial charge >= 0.3 is 6.03 Å². The summed E-state index contributed by atoms with van der Waals surface area (Å²) in [7, 11) is 0. The number of aliphatic imine (C=N–C) groups is 1. The summed E-state index contributed by atoms with van der Waals surface area (Å²) in [5.74, 6) is 0.426. The molecule has 0 atom stereocenters. The lowest BCUT2D eigenvalue weighted by atomic mass is 10.2. The highest BCUT2D eigenvalue weighted by atomic mass is 16.2. The molecule has 0 spiro atoms. The molecule has 0 aliphatic heterocycles. The Kier molecular flexibility index (Phi) is 3.76. The molecule has 0 unspecified atom stereocenters. The summed E-state index contributed by atoms with van der Waals surface area (Å²) in [4.78, 5) is 19.4. The van der Waals surface area contributed by atoms with E-state index in [-0.39, 0.29) is 0 Å². The SMILES string of the molecule is Cc1cccnc1CN=C(NC(N)=O)NC1CC1. The van der Waals surface area contributed by atoms with E-state index in [2.05, 4.69) is 20.6 Å². The summed E-state index contributed by atoms with van der Waals surface area (Å²) in [5, 5.41) is 5.61. The van der Waals surface area contributed by atoms with Gasteiger partial charge in [-0.05, 0) is 31.4 Å². The van der Waals surface area contributed by atoms with Crippen molar-refractivity contribution in [3.8, 4) is 0 Å². The van der Waals surface area contributed by atoms with Crippen LogP contribution in [0, 0.1) is 6.92 Å². The van der Waals surface area contributed by atoms with Gasteiger partial charge in [0.25, 0.3) is 0 Å². The van der Waals surface area contributed by atoms with E-state index in [0.717, 1.165) is 24.1 Å². The average molecular weight is 247 g/mol. The van der Waals surface area contributed by atoms with Gasteiger partial charge in [-0.25, -0.2) is 9.79 Å². The minimum Gasteiger partial charge on any atom is -0.353 e. The smallest absolute Gasteiger partial charge is 0.318 e. The third-order valence-electron chi connectivity index (χ3n) is 2.66. The van der Waals surface area contributed by atoms with Gasteiger partial charge < -0.3 is 11.1 Å². The topological polar surface area (TPSA) is 92.4 Å². The summed E-state index contributed by atoms with van der Waals surface area (Å²) in [6, 6.07) is 3.65. The zero-order valence-electron chi connectivity index (χ0n) is 10.3. The minimum atomic E-state index is -0.611. The number of primary amides is 1. The highest BCUT2D eigenvalue weighted by molar-refractivity contribution is 5.95. The Labute approximate surface area is 106 Å². The first kappa shape index (κ1) is 12.3. The van der Waals surface area contributed by atoms with Gasteiger partial charge in [0.05, 0.1) is 12.2 Å². The molecule has 0 radical (unpaired) electrons. The Bertz CT molecular complexity index is 467. The number of aromatic nitrogens is 1. The molecule has 2 rings (SSSR count). The predicted molar refractivity (Wildman–Crippen MR) is 69.0 cm³/mol. The monoisotopic (exact) mass is 247 g/mol. The van der Waals surface area contributed by atoms with E-state index in [4.69, 9.17) is 5.73 Å². The fraction of sp³-hybridized carbons (Fsp3) is 0.417. The predicted octanol–water partition coefficient (Wildman–Crippen LogP) is 0.666. The van der Waals surface area contributed by atoms with Gasteiger partial charge in [0.2, 0.25) is 0 Å². The van der Waals surface area contributed by atoms with Gasteiger partial charge in [-0.2, -0.15) is 0 Å². The molecule has 1 aliphatic rings. The van der Waals surface area contributed by atoms with Crippen LogP contribution in [-0.4, -0.2) is 23.0 Å². The molecule has 1 heterocycles. The van der Waals surface area contributed by atoms with Gasteiger partial charge in [0.15, 0.2) is 5.96 Å². The Balaban J connectivity index is 2.02. The van der Waals surface area contributed by atoms with Crippen LogP contribution >= 0.6 is 0 Å². The molecule has 1 saturated carbocycles. The Morgan fingerprint density at radius 1 is 1.61 bits per heavy atom. The Hall–Kier alpha value is -2.11. The standard InChI is InChI=1S/C12H17N5O/c1-8-3-2-6-14-10(8)7-15-12(17-11(13)18)16-9-4-5-9/h2-3,6,9H,4-5,7H2,1H3,(H4,13,15,16,17,18). The molecule has 4 N–H and O–H groups in total. The van der Waals surface area contributed by atoms with Gasteiger partial charge in [-0.3, -0.25) is 10.3 Å². The van der Waals surface area contributed by atoms with Crippen LogP contribution in [0.1, 0.15) is 24.1 Å². The van der Waals surface area contributed by atoms with E-state index in [9.17, 15) is 4.79 Å². The summed E-state index contributed by atoms with van der Waals surface area (Å²) in [6.07, 6.45) is 3.93. The maximum atomic E-state index is 10.9. The number of aryl methyl sites for hydroxylation is 1. The number of rotatable bonds is 3. The zero-order chi connectivity index (χ0) is 13.0. The Morgan fingerprint density at radius 3 is 3.00 bits per heavy atom. The van der Waals surface area contributed by atoms with Crippen molar-refractivity contribution in [1.82, 2.24) is 15.6 Å². The van der Waals surface area contributed by atoms with Gasteiger partial charge in [-0.1, -0.05) is 6.07 Å². The fourth-order valence-corrected chi connectivity index (χ4v) is 1.50. The molecule has 18 heavy (non-hydrogen) atoms. The number of carbonyl (C=O) groups excluding carboxylic acids is 1. The van der Waals surface area contributed by atoms with Crippen molar-refractivity contribution in [2.45, 2.75) is 32.4 Å². The Morgan fingerprint density at radius 2 is 2.39 bits per heavy atom. The quantitative estimate of drug-likeness (QED) is 0.541. The third kappa shape index (κ3) is 3.73. The van der Waals surface area contributed by atoms with E-state index in [1.807, 2.05) is 19.1 Å². The van der Waals surface area contributed by atoms with Crippen LogP contribution in [0.2, 0.25) is 0 Å². The van der Waals surface area contributed by atoms with Crippen LogP contribution in [0.25, 0.3) is 0 Å². The number of urea groups is 1. The molecular weight excluding hydrogens is 230 g/mol. The average Bonchev–Trinajstić information content (AvgIpc) is 3.11. The molecule has 6 nitrogen and oxygen atoms in total. The lowest BCUT2D eigenvalue weighted by Gasteiger charge is -2.09. The van der Waals surface area contributed by atoms with Crippen LogP contribution in [0.5, 0.6) is 0 Å². The van der Waals surface area contributed by atoms with E-state index in [1.165, 1.54) is 0 Å². The summed E-state index contributed by atoms with van der Waals surface area (Å²) in [6.45, 7) is 2.40. The molecule has 1 aromatic heterocycles. The van der Waals surface area contributed by atoms with E-state index < -0.39 is 6.03 Å².